The molecular weight excluding hydrogens is 214 g/mol. The van der Waals surface area contributed by atoms with Gasteiger partial charge in [0.15, 0.2) is 0 Å². The number of pyridine rings is 2. The predicted octanol–water partition coefficient (Wildman–Crippen LogP) is 1.92. The van der Waals surface area contributed by atoms with Crippen LogP contribution in [0.5, 0.6) is 0 Å². The summed E-state index contributed by atoms with van der Waals surface area (Å²) in [6.07, 6.45) is 0.821. The first kappa shape index (κ1) is 10.1. The second-order valence-electron chi connectivity index (χ2n) is 3.30. The molecule has 0 aromatic carbocycles. The summed E-state index contributed by atoms with van der Waals surface area (Å²) in [4.78, 5) is 8.23. The molecule has 0 fully saturated rings. The average Bonchev–Trinajstić information content (AvgIpc) is 2.16. The molecule has 0 saturated carbocycles. The highest BCUT2D eigenvalue weighted by Gasteiger charge is 2.12. The first-order chi connectivity index (χ1) is 7.09. The van der Waals surface area contributed by atoms with E-state index >= 15 is 0 Å². The Bertz CT molecular complexity index is 508. The Hall–Kier alpha value is -1.39. The molecule has 2 rings (SSSR count). The van der Waals surface area contributed by atoms with Gasteiger partial charge >= 0.3 is 0 Å². The number of anilines is 1. The number of nitrogen functional groups attached to an aromatic ring is 1. The molecule has 0 saturated heterocycles. The first-order valence-electron chi connectivity index (χ1n) is 4.48. The highest BCUT2D eigenvalue weighted by Crippen LogP contribution is 2.27. The highest BCUT2D eigenvalue weighted by molar-refractivity contribution is 6.29. The molecule has 0 amide bonds. The molecule has 0 aliphatic heterocycles. The van der Waals surface area contributed by atoms with Crippen molar-refractivity contribution in [3.8, 4) is 0 Å². The minimum Gasteiger partial charge on any atom is -0.397 e. The SMILES string of the molecule is C[C@H](O)c1c(N)cnc2ccc(Cl)nc12. The molecular formula is C10H10ClN3O. The summed E-state index contributed by atoms with van der Waals surface area (Å²) in [6, 6.07) is 3.40. The van der Waals surface area contributed by atoms with Crippen molar-refractivity contribution in [2.75, 3.05) is 5.73 Å². The smallest absolute Gasteiger partial charge is 0.129 e. The number of fused-ring (bicyclic) bond motifs is 1. The van der Waals surface area contributed by atoms with Gasteiger partial charge in [-0.15, -0.1) is 0 Å². The van der Waals surface area contributed by atoms with Gasteiger partial charge in [-0.1, -0.05) is 11.6 Å². The molecule has 2 aromatic heterocycles. The van der Waals surface area contributed by atoms with Gasteiger partial charge in [0.05, 0.1) is 29.0 Å². The van der Waals surface area contributed by atoms with E-state index in [9.17, 15) is 5.11 Å². The largest absolute Gasteiger partial charge is 0.397 e. The maximum absolute atomic E-state index is 9.60. The van der Waals surface area contributed by atoms with Crippen LogP contribution < -0.4 is 5.73 Å². The van der Waals surface area contributed by atoms with Crippen molar-refractivity contribution >= 4 is 28.3 Å². The van der Waals surface area contributed by atoms with Crippen LogP contribution in [0, 0.1) is 0 Å². The van der Waals surface area contributed by atoms with Crippen LogP contribution in [0.15, 0.2) is 18.3 Å². The fourth-order valence-electron chi connectivity index (χ4n) is 1.51. The van der Waals surface area contributed by atoms with E-state index in [0.29, 0.717) is 27.4 Å². The summed E-state index contributed by atoms with van der Waals surface area (Å²) < 4.78 is 0. The van der Waals surface area contributed by atoms with Gasteiger partial charge in [-0.2, -0.15) is 0 Å². The van der Waals surface area contributed by atoms with Crippen molar-refractivity contribution in [1.29, 1.82) is 0 Å². The van der Waals surface area contributed by atoms with E-state index in [4.69, 9.17) is 17.3 Å². The van der Waals surface area contributed by atoms with Gasteiger partial charge in [-0.25, -0.2) is 4.98 Å². The number of aliphatic hydroxyl groups excluding tert-OH is 1. The lowest BCUT2D eigenvalue weighted by Crippen LogP contribution is -2.02. The molecule has 3 N–H and O–H groups in total. The van der Waals surface area contributed by atoms with Gasteiger partial charge in [0.25, 0.3) is 0 Å². The van der Waals surface area contributed by atoms with Crippen LogP contribution in [-0.4, -0.2) is 15.1 Å². The van der Waals surface area contributed by atoms with Crippen LogP contribution in [0.4, 0.5) is 5.69 Å². The minimum atomic E-state index is -0.693. The Morgan fingerprint density at radius 2 is 2.20 bits per heavy atom. The van der Waals surface area contributed by atoms with Crippen molar-refractivity contribution in [1.82, 2.24) is 9.97 Å². The second kappa shape index (κ2) is 3.64. The van der Waals surface area contributed by atoms with Crippen molar-refractivity contribution in [2.45, 2.75) is 13.0 Å². The van der Waals surface area contributed by atoms with Gasteiger partial charge in [-0.3, -0.25) is 4.98 Å². The average molecular weight is 224 g/mol. The number of aliphatic hydroxyl groups is 1. The lowest BCUT2D eigenvalue weighted by molar-refractivity contribution is 0.201. The van der Waals surface area contributed by atoms with Crippen molar-refractivity contribution in [2.24, 2.45) is 0 Å². The first-order valence-corrected chi connectivity index (χ1v) is 4.86. The summed E-state index contributed by atoms with van der Waals surface area (Å²) in [5, 5.41) is 9.96. The zero-order chi connectivity index (χ0) is 11.0. The third-order valence-corrected chi connectivity index (χ3v) is 2.38. The Labute approximate surface area is 91.7 Å². The number of halogens is 1. The highest BCUT2D eigenvalue weighted by atomic mass is 35.5. The lowest BCUT2D eigenvalue weighted by atomic mass is 10.1. The monoisotopic (exact) mass is 223 g/mol. The number of rotatable bonds is 1. The van der Waals surface area contributed by atoms with E-state index in [-0.39, 0.29) is 0 Å². The predicted molar refractivity (Wildman–Crippen MR) is 59.6 cm³/mol. The lowest BCUT2D eigenvalue weighted by Gasteiger charge is -2.10. The summed E-state index contributed by atoms with van der Waals surface area (Å²) in [5.74, 6) is 0. The van der Waals surface area contributed by atoms with Gasteiger partial charge < -0.3 is 10.8 Å². The molecule has 0 spiro atoms. The standard InChI is InChI=1S/C10H10ClN3O/c1-5(15)9-6(12)4-13-7-2-3-8(11)14-10(7)9/h2-5,15H,12H2,1H3/t5-/m0/s1. The fraction of sp³-hybridized carbons (Fsp3) is 0.200. The van der Waals surface area contributed by atoms with Crippen LogP contribution in [0.25, 0.3) is 11.0 Å². The van der Waals surface area contributed by atoms with E-state index in [2.05, 4.69) is 9.97 Å². The van der Waals surface area contributed by atoms with E-state index in [1.807, 2.05) is 0 Å². The Kier molecular flexibility index (Phi) is 2.46. The number of aromatic nitrogens is 2. The molecule has 0 aliphatic carbocycles. The molecule has 5 heteroatoms. The van der Waals surface area contributed by atoms with Crippen LogP contribution >= 0.6 is 11.6 Å². The molecule has 0 unspecified atom stereocenters. The van der Waals surface area contributed by atoms with Crippen molar-refractivity contribution in [3.05, 3.63) is 29.0 Å². The zero-order valence-electron chi connectivity index (χ0n) is 8.11. The third-order valence-electron chi connectivity index (χ3n) is 2.17. The summed E-state index contributed by atoms with van der Waals surface area (Å²) in [7, 11) is 0. The summed E-state index contributed by atoms with van der Waals surface area (Å²) >= 11 is 5.79. The second-order valence-corrected chi connectivity index (χ2v) is 3.69. The van der Waals surface area contributed by atoms with Gasteiger partial charge in [0.1, 0.15) is 5.15 Å². The number of hydrogen-bond donors (Lipinski definition) is 2. The van der Waals surface area contributed by atoms with Crippen molar-refractivity contribution in [3.63, 3.8) is 0 Å². The van der Waals surface area contributed by atoms with E-state index in [1.165, 1.54) is 6.20 Å². The molecule has 78 valence electrons. The summed E-state index contributed by atoms with van der Waals surface area (Å²) in [6.45, 7) is 1.63. The maximum atomic E-state index is 9.60. The van der Waals surface area contributed by atoms with Gasteiger partial charge in [-0.05, 0) is 19.1 Å². The molecule has 0 aliphatic rings. The molecule has 4 nitrogen and oxygen atoms in total. The van der Waals surface area contributed by atoms with Crippen LogP contribution in [0.3, 0.4) is 0 Å². The van der Waals surface area contributed by atoms with Crippen LogP contribution in [0.1, 0.15) is 18.6 Å². The maximum Gasteiger partial charge on any atom is 0.129 e. The number of nitrogens with two attached hydrogens (primary N) is 1. The normalized spacial score (nSPS) is 13.0. The Morgan fingerprint density at radius 1 is 1.47 bits per heavy atom. The molecule has 2 aromatic rings. The number of nitrogens with zero attached hydrogens (tertiary/aromatic N) is 2. The molecule has 0 bridgehead atoms. The van der Waals surface area contributed by atoms with Gasteiger partial charge in [0, 0.05) is 5.56 Å². The van der Waals surface area contributed by atoms with E-state index in [1.54, 1.807) is 19.1 Å². The fourth-order valence-corrected chi connectivity index (χ4v) is 1.66. The zero-order valence-corrected chi connectivity index (χ0v) is 8.86. The van der Waals surface area contributed by atoms with Crippen LogP contribution in [-0.2, 0) is 0 Å². The molecule has 0 radical (unpaired) electrons. The topological polar surface area (TPSA) is 72.0 Å². The van der Waals surface area contributed by atoms with E-state index < -0.39 is 6.10 Å². The van der Waals surface area contributed by atoms with E-state index in [0.717, 1.165) is 0 Å². The van der Waals surface area contributed by atoms with Crippen molar-refractivity contribution < 1.29 is 5.11 Å². The quantitative estimate of drug-likeness (QED) is 0.725. The van der Waals surface area contributed by atoms with Gasteiger partial charge in [0.2, 0.25) is 0 Å². The van der Waals surface area contributed by atoms with Crippen LogP contribution in [0.2, 0.25) is 5.15 Å². The Balaban J connectivity index is 2.84. The molecule has 15 heavy (non-hydrogen) atoms. The molecule has 1 atom stereocenters. The summed E-state index contributed by atoms with van der Waals surface area (Å²) in [5.41, 5.74) is 7.95. The number of hydrogen-bond acceptors (Lipinski definition) is 4. The Morgan fingerprint density at radius 3 is 2.87 bits per heavy atom. The minimum absolute atomic E-state index is 0.358. The molecule has 2 heterocycles. The third kappa shape index (κ3) is 1.73.